The van der Waals surface area contributed by atoms with E-state index >= 15 is 0 Å². The van der Waals surface area contributed by atoms with Gasteiger partial charge < -0.3 is 15.4 Å². The highest BCUT2D eigenvalue weighted by Crippen LogP contribution is 2.16. The molecule has 0 radical (unpaired) electrons. The number of nitrogens with zero attached hydrogens (tertiary/aromatic N) is 2. The van der Waals surface area contributed by atoms with Crippen LogP contribution < -0.4 is 15.4 Å². The van der Waals surface area contributed by atoms with Crippen LogP contribution in [0.3, 0.4) is 0 Å². The fourth-order valence-corrected chi connectivity index (χ4v) is 3.06. The number of thiazole rings is 1. The molecule has 0 atom stereocenters. The first-order valence-corrected chi connectivity index (χ1v) is 8.92. The van der Waals surface area contributed by atoms with Crippen LogP contribution in [-0.4, -0.2) is 24.1 Å². The Kier molecular flexibility index (Phi) is 6.61. The fraction of sp³-hybridized carbons (Fsp3) is 0.444. The number of benzene rings is 1. The molecule has 5 nitrogen and oxygen atoms in total. The van der Waals surface area contributed by atoms with Gasteiger partial charge in [-0.1, -0.05) is 12.1 Å². The molecule has 0 aliphatic heterocycles. The van der Waals surface area contributed by atoms with Gasteiger partial charge in [0.15, 0.2) is 5.96 Å². The van der Waals surface area contributed by atoms with Gasteiger partial charge in [-0.25, -0.2) is 4.98 Å². The highest BCUT2D eigenvalue weighted by atomic mass is 32.1. The zero-order chi connectivity index (χ0) is 17.5. The number of nitrogens with one attached hydrogen (secondary N) is 2. The van der Waals surface area contributed by atoms with Crippen LogP contribution in [-0.2, 0) is 13.1 Å². The monoisotopic (exact) mass is 346 g/mol. The van der Waals surface area contributed by atoms with Crippen LogP contribution in [0.4, 0.5) is 0 Å². The lowest BCUT2D eigenvalue weighted by atomic mass is 10.2. The summed E-state index contributed by atoms with van der Waals surface area (Å²) in [6, 6.07) is 8.10. The smallest absolute Gasteiger partial charge is 0.191 e. The van der Waals surface area contributed by atoms with E-state index in [9.17, 15) is 0 Å². The maximum absolute atomic E-state index is 5.73. The maximum Gasteiger partial charge on any atom is 0.191 e. The highest BCUT2D eigenvalue weighted by molar-refractivity contribution is 7.11. The Morgan fingerprint density at radius 2 is 2.00 bits per heavy atom. The lowest BCUT2D eigenvalue weighted by molar-refractivity contribution is 0.242. The van der Waals surface area contributed by atoms with Gasteiger partial charge in [0, 0.05) is 18.5 Å². The van der Waals surface area contributed by atoms with Crippen molar-refractivity contribution in [2.24, 2.45) is 4.99 Å². The molecule has 2 N–H and O–H groups in total. The van der Waals surface area contributed by atoms with E-state index in [0.717, 1.165) is 28.0 Å². The third-order valence-electron chi connectivity index (χ3n) is 3.43. The van der Waals surface area contributed by atoms with Crippen molar-refractivity contribution in [2.45, 2.75) is 46.9 Å². The molecule has 0 amide bonds. The Labute approximate surface area is 148 Å². The Morgan fingerprint density at radius 1 is 1.25 bits per heavy atom. The molecular weight excluding hydrogens is 320 g/mol. The standard InChI is InChI=1S/C18H26N4OS/c1-12(2)23-16-8-6-7-15(9-16)10-20-18(19-5)21-11-17-22-13(3)14(4)24-17/h6-9,12H,10-11H2,1-5H3,(H2,19,20,21). The Morgan fingerprint density at radius 3 is 2.62 bits per heavy atom. The molecule has 1 heterocycles. The van der Waals surface area contributed by atoms with E-state index in [4.69, 9.17) is 4.74 Å². The number of aromatic nitrogens is 1. The number of aliphatic imine (C=N–C) groups is 1. The van der Waals surface area contributed by atoms with Crippen molar-refractivity contribution in [1.29, 1.82) is 0 Å². The first-order valence-electron chi connectivity index (χ1n) is 8.11. The molecule has 6 heteroatoms. The maximum atomic E-state index is 5.73. The molecule has 0 fully saturated rings. The van der Waals surface area contributed by atoms with E-state index in [1.54, 1.807) is 18.4 Å². The molecule has 1 aromatic heterocycles. The van der Waals surface area contributed by atoms with Gasteiger partial charge in [-0.15, -0.1) is 11.3 Å². The highest BCUT2D eigenvalue weighted by Gasteiger charge is 2.05. The first kappa shape index (κ1) is 18.3. The number of hydrogen-bond donors (Lipinski definition) is 2. The second kappa shape index (κ2) is 8.68. The average Bonchev–Trinajstić information content (AvgIpc) is 2.85. The number of hydrogen-bond acceptors (Lipinski definition) is 4. The molecule has 1 aromatic carbocycles. The molecule has 2 aromatic rings. The van der Waals surface area contributed by atoms with E-state index in [1.165, 1.54) is 4.88 Å². The lowest BCUT2D eigenvalue weighted by Gasteiger charge is -2.13. The number of aryl methyl sites for hydroxylation is 2. The molecule has 0 saturated carbocycles. The summed E-state index contributed by atoms with van der Waals surface area (Å²) in [5.74, 6) is 1.65. The minimum absolute atomic E-state index is 0.174. The number of ether oxygens (including phenoxy) is 1. The van der Waals surface area contributed by atoms with Gasteiger partial charge in [0.2, 0.25) is 0 Å². The van der Waals surface area contributed by atoms with E-state index in [2.05, 4.69) is 33.6 Å². The van der Waals surface area contributed by atoms with Crippen LogP contribution in [0.5, 0.6) is 5.75 Å². The third kappa shape index (κ3) is 5.53. The van der Waals surface area contributed by atoms with E-state index in [1.807, 2.05) is 39.0 Å². The van der Waals surface area contributed by atoms with Crippen molar-refractivity contribution in [3.05, 3.63) is 45.4 Å². The summed E-state index contributed by atoms with van der Waals surface area (Å²) >= 11 is 1.72. The second-order valence-corrected chi connectivity index (χ2v) is 7.13. The van der Waals surface area contributed by atoms with Crippen molar-refractivity contribution in [3.63, 3.8) is 0 Å². The van der Waals surface area contributed by atoms with Gasteiger partial charge in [-0.3, -0.25) is 4.99 Å². The molecule has 0 unspecified atom stereocenters. The lowest BCUT2D eigenvalue weighted by Crippen LogP contribution is -2.36. The van der Waals surface area contributed by atoms with E-state index in [0.29, 0.717) is 13.1 Å². The predicted octanol–water partition coefficient (Wildman–Crippen LogP) is 3.41. The molecule has 2 rings (SSSR count). The molecule has 24 heavy (non-hydrogen) atoms. The van der Waals surface area contributed by atoms with Crippen molar-refractivity contribution >= 4 is 17.3 Å². The van der Waals surface area contributed by atoms with Gasteiger partial charge >= 0.3 is 0 Å². The van der Waals surface area contributed by atoms with Gasteiger partial charge in [0.25, 0.3) is 0 Å². The van der Waals surface area contributed by atoms with Crippen molar-refractivity contribution in [3.8, 4) is 5.75 Å². The normalized spacial score (nSPS) is 11.7. The minimum atomic E-state index is 0.174. The van der Waals surface area contributed by atoms with Crippen LogP contribution >= 0.6 is 11.3 Å². The molecular formula is C18H26N4OS. The van der Waals surface area contributed by atoms with Gasteiger partial charge in [-0.2, -0.15) is 0 Å². The summed E-state index contributed by atoms with van der Waals surface area (Å²) in [5, 5.41) is 7.69. The van der Waals surface area contributed by atoms with Crippen LogP contribution in [0.2, 0.25) is 0 Å². The average molecular weight is 347 g/mol. The zero-order valence-corrected chi connectivity index (χ0v) is 15.8. The summed E-state index contributed by atoms with van der Waals surface area (Å²) in [7, 11) is 1.77. The van der Waals surface area contributed by atoms with Crippen molar-refractivity contribution in [1.82, 2.24) is 15.6 Å². The summed E-state index contributed by atoms with van der Waals surface area (Å²) in [5.41, 5.74) is 2.25. The van der Waals surface area contributed by atoms with Gasteiger partial charge in [0.1, 0.15) is 10.8 Å². The minimum Gasteiger partial charge on any atom is -0.491 e. The van der Waals surface area contributed by atoms with Crippen LogP contribution in [0.25, 0.3) is 0 Å². The summed E-state index contributed by atoms with van der Waals surface area (Å²) in [6.07, 6.45) is 0.174. The first-order chi connectivity index (χ1) is 11.5. The SMILES string of the molecule is CN=C(NCc1cccc(OC(C)C)c1)NCc1nc(C)c(C)s1. The molecule has 0 spiro atoms. The van der Waals surface area contributed by atoms with Crippen molar-refractivity contribution < 1.29 is 4.74 Å². The van der Waals surface area contributed by atoms with Crippen molar-refractivity contribution in [2.75, 3.05) is 7.05 Å². The largest absolute Gasteiger partial charge is 0.491 e. The topological polar surface area (TPSA) is 58.5 Å². The number of guanidine groups is 1. The third-order valence-corrected chi connectivity index (χ3v) is 4.51. The zero-order valence-electron chi connectivity index (χ0n) is 15.0. The summed E-state index contributed by atoms with van der Waals surface area (Å²) < 4.78 is 5.73. The van der Waals surface area contributed by atoms with Crippen LogP contribution in [0, 0.1) is 13.8 Å². The van der Waals surface area contributed by atoms with E-state index < -0.39 is 0 Å². The number of rotatable bonds is 6. The molecule has 0 aliphatic rings. The quantitative estimate of drug-likeness (QED) is 0.622. The molecule has 0 saturated heterocycles. The van der Waals surface area contributed by atoms with Gasteiger partial charge in [-0.05, 0) is 45.4 Å². The Balaban J connectivity index is 1.87. The summed E-state index contributed by atoms with van der Waals surface area (Å²) in [6.45, 7) is 9.54. The second-order valence-electron chi connectivity index (χ2n) is 5.84. The van der Waals surface area contributed by atoms with Crippen LogP contribution in [0.15, 0.2) is 29.3 Å². The Hall–Kier alpha value is -2.08. The summed E-state index contributed by atoms with van der Waals surface area (Å²) in [4.78, 5) is 10.0. The van der Waals surface area contributed by atoms with Gasteiger partial charge in [0.05, 0.1) is 18.3 Å². The fourth-order valence-electron chi connectivity index (χ4n) is 2.18. The van der Waals surface area contributed by atoms with E-state index in [-0.39, 0.29) is 6.10 Å². The Bertz CT molecular complexity index is 675. The predicted molar refractivity (Wildman–Crippen MR) is 101 cm³/mol. The molecule has 130 valence electrons. The van der Waals surface area contributed by atoms with Crippen LogP contribution in [0.1, 0.15) is 35.0 Å². The molecule has 0 aliphatic carbocycles. The molecule has 0 bridgehead atoms.